The average molecular weight is 543 g/mol. The molecule has 0 radical (unpaired) electrons. The van der Waals surface area contributed by atoms with Crippen LogP contribution in [0.2, 0.25) is 10.0 Å². The van der Waals surface area contributed by atoms with Crippen LogP contribution >= 0.6 is 23.2 Å². The predicted molar refractivity (Wildman–Crippen MR) is 140 cm³/mol. The van der Waals surface area contributed by atoms with E-state index in [1.54, 1.807) is 42.5 Å². The highest BCUT2D eigenvalue weighted by Gasteiger charge is 2.61. The molecule has 4 rings (SSSR count). The maximum atomic E-state index is 13.2. The molecule has 0 spiro atoms. The molecule has 2 unspecified atom stereocenters. The minimum atomic E-state index is -2.16. The number of halogens is 2. The summed E-state index contributed by atoms with van der Waals surface area (Å²) >= 11 is 12.2. The number of carboxylic acids is 1. The summed E-state index contributed by atoms with van der Waals surface area (Å²) in [6, 6.07) is 16.2. The normalized spacial score (nSPS) is 19.0. The van der Waals surface area contributed by atoms with Crippen molar-refractivity contribution in [2.45, 2.75) is 31.5 Å². The Morgan fingerprint density at radius 3 is 2.08 bits per heavy atom. The van der Waals surface area contributed by atoms with Gasteiger partial charge in [-0.3, -0.25) is 4.99 Å². The number of methoxy groups -OCH3 is 1. The summed E-state index contributed by atoms with van der Waals surface area (Å²) in [5.41, 5.74) is -1.21. The highest BCUT2D eigenvalue weighted by Crippen LogP contribution is 2.50. The molecule has 192 valence electrons. The van der Waals surface area contributed by atoms with E-state index in [4.69, 9.17) is 37.7 Å². The minimum absolute atomic E-state index is 0.0805. The highest BCUT2D eigenvalue weighted by atomic mass is 35.5. The number of nitrogens with zero attached hydrogens (tertiary/aromatic N) is 2. The van der Waals surface area contributed by atoms with Gasteiger partial charge in [0.2, 0.25) is 5.54 Å². The van der Waals surface area contributed by atoms with Gasteiger partial charge in [0.25, 0.3) is 0 Å². The van der Waals surface area contributed by atoms with E-state index >= 15 is 0 Å². The van der Waals surface area contributed by atoms with Crippen molar-refractivity contribution in [1.29, 1.82) is 0 Å². The molecule has 8 nitrogen and oxygen atoms in total. The Kier molecular flexibility index (Phi) is 7.34. The summed E-state index contributed by atoms with van der Waals surface area (Å²) in [6.07, 6.45) is -1.77. The quantitative estimate of drug-likeness (QED) is 0.365. The third-order valence-electron chi connectivity index (χ3n) is 5.99. The molecular formula is C27H24Cl2N2O6. The summed E-state index contributed by atoms with van der Waals surface area (Å²) in [6.45, 7) is 3.64. The maximum Gasteiger partial charge on any atom is 0.414 e. The highest BCUT2D eigenvalue weighted by molar-refractivity contribution is 6.30. The largest absolute Gasteiger partial charge is 0.497 e. The summed E-state index contributed by atoms with van der Waals surface area (Å²) in [7, 11) is 1.50. The fraction of sp³-hybridized carbons (Fsp3) is 0.222. The maximum absolute atomic E-state index is 13.2. The molecule has 3 aromatic rings. The van der Waals surface area contributed by atoms with Crippen molar-refractivity contribution in [2.24, 2.45) is 4.99 Å². The Morgan fingerprint density at radius 1 is 0.973 bits per heavy atom. The molecule has 1 aliphatic rings. The summed E-state index contributed by atoms with van der Waals surface area (Å²) in [4.78, 5) is 31.7. The number of amides is 1. The van der Waals surface area contributed by atoms with Crippen molar-refractivity contribution in [2.75, 3.05) is 7.11 Å². The summed E-state index contributed by atoms with van der Waals surface area (Å²) in [5.74, 6) is -0.707. The molecule has 0 saturated carbocycles. The molecule has 10 heteroatoms. The lowest BCUT2D eigenvalue weighted by Gasteiger charge is -2.37. The van der Waals surface area contributed by atoms with Gasteiger partial charge in [-0.2, -0.15) is 0 Å². The monoisotopic (exact) mass is 542 g/mol. The molecule has 1 heterocycles. The topological polar surface area (TPSA) is 109 Å². The van der Waals surface area contributed by atoms with Crippen LogP contribution in [0.15, 0.2) is 71.7 Å². The standard InChI is InChI=1S/C27H24Cl2N2O6/c1-15(2)37-22-14-20(36-3)12-13-21(22)24-30-23(16-4-8-18(28)9-5-16)27(25(32)33,31(24)26(34)35)17-6-10-19(29)11-7-17/h4-15,23H,1-3H3,(H,32,33)(H,34,35). The lowest BCUT2D eigenvalue weighted by atomic mass is 9.79. The lowest BCUT2D eigenvalue weighted by Crippen LogP contribution is -2.56. The average Bonchev–Trinajstić information content (AvgIpc) is 3.22. The first-order chi connectivity index (χ1) is 17.6. The molecule has 0 saturated heterocycles. The van der Waals surface area contributed by atoms with E-state index in [0.29, 0.717) is 32.7 Å². The number of rotatable bonds is 7. The van der Waals surface area contributed by atoms with Gasteiger partial charge in [-0.15, -0.1) is 0 Å². The first kappa shape index (κ1) is 26.3. The fourth-order valence-electron chi connectivity index (χ4n) is 4.45. The van der Waals surface area contributed by atoms with Gasteiger partial charge >= 0.3 is 12.1 Å². The zero-order chi connectivity index (χ0) is 26.9. The molecule has 0 aromatic heterocycles. The van der Waals surface area contributed by atoms with Crippen LogP contribution in [0.5, 0.6) is 11.5 Å². The van der Waals surface area contributed by atoms with Crippen LogP contribution in [0.3, 0.4) is 0 Å². The van der Waals surface area contributed by atoms with Gasteiger partial charge in [0.15, 0.2) is 0 Å². The van der Waals surface area contributed by atoms with Crippen LogP contribution in [0.1, 0.15) is 36.6 Å². The fourth-order valence-corrected chi connectivity index (χ4v) is 4.70. The van der Waals surface area contributed by atoms with Crippen molar-refractivity contribution >= 4 is 41.1 Å². The van der Waals surface area contributed by atoms with Crippen molar-refractivity contribution in [3.05, 3.63) is 93.5 Å². The SMILES string of the molecule is COc1ccc(C2=NC(c3ccc(Cl)cc3)C(C(=O)O)(c3ccc(Cl)cc3)N2C(=O)O)c(OC(C)C)c1. The van der Waals surface area contributed by atoms with Gasteiger partial charge in [-0.25, -0.2) is 14.5 Å². The van der Waals surface area contributed by atoms with Gasteiger partial charge in [-0.05, 0) is 61.4 Å². The van der Waals surface area contributed by atoms with E-state index < -0.39 is 23.6 Å². The zero-order valence-electron chi connectivity index (χ0n) is 20.2. The zero-order valence-corrected chi connectivity index (χ0v) is 21.7. The van der Waals surface area contributed by atoms with Gasteiger partial charge in [0.1, 0.15) is 23.4 Å². The second-order valence-corrected chi connectivity index (χ2v) is 9.50. The number of carboxylic acid groups (broad SMARTS) is 2. The van der Waals surface area contributed by atoms with Gasteiger partial charge < -0.3 is 19.7 Å². The van der Waals surface area contributed by atoms with Crippen molar-refractivity contribution < 1.29 is 29.3 Å². The third-order valence-corrected chi connectivity index (χ3v) is 6.50. The Labute approximate surface area is 223 Å². The second kappa shape index (κ2) is 10.3. The van der Waals surface area contributed by atoms with E-state index in [1.165, 1.54) is 31.4 Å². The number of aliphatic carboxylic acids is 1. The Bertz CT molecular complexity index is 1360. The van der Waals surface area contributed by atoms with Gasteiger partial charge in [-0.1, -0.05) is 47.5 Å². The van der Waals surface area contributed by atoms with Crippen LogP contribution in [-0.2, 0) is 10.3 Å². The molecule has 37 heavy (non-hydrogen) atoms. The molecule has 1 amide bonds. The van der Waals surface area contributed by atoms with Crippen LogP contribution < -0.4 is 9.47 Å². The molecule has 0 fully saturated rings. The first-order valence-corrected chi connectivity index (χ1v) is 12.1. The van der Waals surface area contributed by atoms with Crippen LogP contribution in [0.4, 0.5) is 4.79 Å². The second-order valence-electron chi connectivity index (χ2n) is 8.63. The van der Waals surface area contributed by atoms with Crippen LogP contribution in [0, 0.1) is 0 Å². The lowest BCUT2D eigenvalue weighted by molar-refractivity contribution is -0.149. The molecule has 0 bridgehead atoms. The van der Waals surface area contributed by atoms with Crippen molar-refractivity contribution in [1.82, 2.24) is 4.90 Å². The van der Waals surface area contributed by atoms with Crippen molar-refractivity contribution in [3.63, 3.8) is 0 Å². The van der Waals surface area contributed by atoms with Crippen LogP contribution in [0.25, 0.3) is 0 Å². The number of carbonyl (C=O) groups is 2. The van der Waals surface area contributed by atoms with E-state index in [2.05, 4.69) is 0 Å². The van der Waals surface area contributed by atoms with Crippen molar-refractivity contribution in [3.8, 4) is 11.5 Å². The number of benzene rings is 3. The summed E-state index contributed by atoms with van der Waals surface area (Å²) in [5, 5.41) is 22.1. The number of hydrogen-bond donors (Lipinski definition) is 2. The third kappa shape index (κ3) is 4.70. The van der Waals surface area contributed by atoms with Gasteiger partial charge in [0.05, 0.1) is 18.8 Å². The Balaban J connectivity index is 2.05. The molecular weight excluding hydrogens is 519 g/mol. The van der Waals surface area contributed by atoms with Crippen LogP contribution in [-0.4, -0.2) is 46.2 Å². The molecule has 2 atom stereocenters. The number of amidine groups is 1. The molecule has 1 aliphatic heterocycles. The predicted octanol–water partition coefficient (Wildman–Crippen LogP) is 6.25. The number of ether oxygens (including phenoxy) is 2. The van der Waals surface area contributed by atoms with E-state index in [9.17, 15) is 19.8 Å². The minimum Gasteiger partial charge on any atom is -0.497 e. The summed E-state index contributed by atoms with van der Waals surface area (Å²) < 4.78 is 11.3. The Morgan fingerprint density at radius 2 is 1.57 bits per heavy atom. The number of hydrogen-bond acceptors (Lipinski definition) is 5. The Hall–Kier alpha value is -3.75. The number of aliphatic imine (C=N–C) groups is 1. The smallest absolute Gasteiger partial charge is 0.414 e. The van der Waals surface area contributed by atoms with E-state index in [1.807, 2.05) is 13.8 Å². The molecule has 0 aliphatic carbocycles. The first-order valence-electron chi connectivity index (χ1n) is 11.3. The van der Waals surface area contributed by atoms with E-state index in [-0.39, 0.29) is 17.5 Å². The van der Waals surface area contributed by atoms with Gasteiger partial charge in [0, 0.05) is 16.1 Å². The molecule has 3 aromatic carbocycles. The molecule has 2 N–H and O–H groups in total. The van der Waals surface area contributed by atoms with E-state index in [0.717, 1.165) is 4.90 Å².